The van der Waals surface area contributed by atoms with Crippen LogP contribution in [0.25, 0.3) is 10.1 Å². The Hall–Kier alpha value is -1.35. The number of primary amides is 1. The fourth-order valence-corrected chi connectivity index (χ4v) is 2.45. The number of hydrogen-bond donors (Lipinski definition) is 1. The number of benzene rings is 1. The Labute approximate surface area is 80.0 Å². The molecule has 0 spiro atoms. The molecule has 0 aliphatic carbocycles. The molecule has 0 saturated heterocycles. The summed E-state index contributed by atoms with van der Waals surface area (Å²) in [6.45, 7) is 2.03. The number of thiophene rings is 1. The number of hydrogen-bond acceptors (Lipinski definition) is 2. The molecule has 0 atom stereocenters. The topological polar surface area (TPSA) is 43.1 Å². The maximum Gasteiger partial charge on any atom is 0.250 e. The summed E-state index contributed by atoms with van der Waals surface area (Å²) in [6, 6.07) is 5.64. The lowest BCUT2D eigenvalue weighted by molar-refractivity contribution is 0.100. The van der Waals surface area contributed by atoms with Crippen LogP contribution in [-0.4, -0.2) is 5.91 Å². The minimum absolute atomic E-state index is 0.354. The summed E-state index contributed by atoms with van der Waals surface area (Å²) in [7, 11) is 0. The van der Waals surface area contributed by atoms with Gasteiger partial charge in [0.2, 0.25) is 5.91 Å². The van der Waals surface area contributed by atoms with E-state index in [1.54, 1.807) is 17.4 Å². The average molecular weight is 191 g/mol. The Morgan fingerprint density at radius 1 is 1.46 bits per heavy atom. The smallest absolute Gasteiger partial charge is 0.250 e. The van der Waals surface area contributed by atoms with Crippen molar-refractivity contribution >= 4 is 27.3 Å². The van der Waals surface area contributed by atoms with E-state index in [9.17, 15) is 4.79 Å². The van der Waals surface area contributed by atoms with Gasteiger partial charge >= 0.3 is 0 Å². The monoisotopic (exact) mass is 191 g/mol. The molecule has 0 saturated carbocycles. The molecule has 0 bridgehead atoms. The summed E-state index contributed by atoms with van der Waals surface area (Å²) >= 11 is 1.57. The average Bonchev–Trinajstić information content (AvgIpc) is 2.48. The summed E-state index contributed by atoms with van der Waals surface area (Å²) in [5.41, 5.74) is 7.08. The molecule has 0 aliphatic heterocycles. The van der Waals surface area contributed by atoms with Crippen molar-refractivity contribution in [2.45, 2.75) is 6.92 Å². The van der Waals surface area contributed by atoms with Crippen molar-refractivity contribution in [2.24, 2.45) is 5.73 Å². The molecule has 2 N–H and O–H groups in total. The Morgan fingerprint density at radius 3 is 2.92 bits per heavy atom. The van der Waals surface area contributed by atoms with Gasteiger partial charge in [-0.05, 0) is 29.3 Å². The van der Waals surface area contributed by atoms with Crippen molar-refractivity contribution < 1.29 is 4.79 Å². The van der Waals surface area contributed by atoms with E-state index in [2.05, 4.69) is 0 Å². The maximum absolute atomic E-state index is 11.1. The van der Waals surface area contributed by atoms with Crippen LogP contribution >= 0.6 is 11.3 Å². The Kier molecular flexibility index (Phi) is 1.81. The second-order valence-electron chi connectivity index (χ2n) is 2.97. The molecule has 1 aromatic heterocycles. The van der Waals surface area contributed by atoms with Gasteiger partial charge in [-0.25, -0.2) is 0 Å². The van der Waals surface area contributed by atoms with Gasteiger partial charge in [-0.3, -0.25) is 4.79 Å². The van der Waals surface area contributed by atoms with E-state index in [1.807, 2.05) is 24.4 Å². The standard InChI is InChI=1S/C10H9NOS/c1-6-5-13-9-7(6)3-2-4-8(9)10(11)12/h2-5H,1H3,(H2,11,12). The maximum atomic E-state index is 11.1. The van der Waals surface area contributed by atoms with Crippen LogP contribution in [0.15, 0.2) is 23.6 Å². The summed E-state index contributed by atoms with van der Waals surface area (Å²) in [5.74, 6) is -0.354. The highest BCUT2D eigenvalue weighted by Gasteiger charge is 2.08. The normalized spacial score (nSPS) is 10.5. The van der Waals surface area contributed by atoms with Crippen LogP contribution in [0, 0.1) is 6.92 Å². The second kappa shape index (κ2) is 2.85. The molecular weight excluding hydrogens is 182 g/mol. The molecule has 13 heavy (non-hydrogen) atoms. The van der Waals surface area contributed by atoms with Crippen LogP contribution in [0.3, 0.4) is 0 Å². The molecule has 2 nitrogen and oxygen atoms in total. The number of fused-ring (bicyclic) bond motifs is 1. The van der Waals surface area contributed by atoms with Crippen LogP contribution in [0.5, 0.6) is 0 Å². The van der Waals surface area contributed by atoms with Crippen molar-refractivity contribution in [3.8, 4) is 0 Å². The molecule has 2 aromatic rings. The number of rotatable bonds is 1. The van der Waals surface area contributed by atoms with E-state index < -0.39 is 0 Å². The molecule has 0 unspecified atom stereocenters. The molecule has 2 rings (SSSR count). The highest BCUT2D eigenvalue weighted by atomic mass is 32.1. The van der Waals surface area contributed by atoms with Crippen molar-refractivity contribution in [2.75, 3.05) is 0 Å². The highest BCUT2D eigenvalue weighted by Crippen LogP contribution is 2.27. The third-order valence-corrected chi connectivity index (χ3v) is 3.21. The Morgan fingerprint density at radius 2 is 2.23 bits per heavy atom. The fraction of sp³-hybridized carbons (Fsp3) is 0.100. The van der Waals surface area contributed by atoms with E-state index in [1.165, 1.54) is 5.56 Å². The second-order valence-corrected chi connectivity index (χ2v) is 3.84. The van der Waals surface area contributed by atoms with Crippen molar-refractivity contribution in [1.29, 1.82) is 0 Å². The van der Waals surface area contributed by atoms with Gasteiger partial charge in [0.05, 0.1) is 5.56 Å². The first-order valence-electron chi connectivity index (χ1n) is 3.97. The molecule has 3 heteroatoms. The van der Waals surface area contributed by atoms with Crippen molar-refractivity contribution in [1.82, 2.24) is 0 Å². The van der Waals surface area contributed by atoms with E-state index in [4.69, 9.17) is 5.73 Å². The number of aryl methyl sites for hydroxylation is 1. The van der Waals surface area contributed by atoms with Gasteiger partial charge in [-0.2, -0.15) is 0 Å². The van der Waals surface area contributed by atoms with E-state index in [0.29, 0.717) is 5.56 Å². The number of nitrogens with two attached hydrogens (primary N) is 1. The number of amides is 1. The molecule has 1 aromatic carbocycles. The summed E-state index contributed by atoms with van der Waals surface area (Å²) < 4.78 is 0.993. The third-order valence-electron chi connectivity index (χ3n) is 2.06. The fourth-order valence-electron chi connectivity index (χ4n) is 1.38. The lowest BCUT2D eigenvalue weighted by atomic mass is 10.1. The quantitative estimate of drug-likeness (QED) is 0.738. The first-order chi connectivity index (χ1) is 6.20. The van der Waals surface area contributed by atoms with E-state index in [-0.39, 0.29) is 5.91 Å². The van der Waals surface area contributed by atoms with Crippen LogP contribution in [0.4, 0.5) is 0 Å². The largest absolute Gasteiger partial charge is 0.366 e. The molecule has 1 heterocycles. The lowest BCUT2D eigenvalue weighted by Gasteiger charge is -1.97. The highest BCUT2D eigenvalue weighted by molar-refractivity contribution is 7.17. The van der Waals surface area contributed by atoms with E-state index >= 15 is 0 Å². The Bertz CT molecular complexity index is 473. The van der Waals surface area contributed by atoms with E-state index in [0.717, 1.165) is 10.1 Å². The van der Waals surface area contributed by atoms with Gasteiger partial charge in [-0.15, -0.1) is 11.3 Å². The van der Waals surface area contributed by atoms with Gasteiger partial charge < -0.3 is 5.73 Å². The SMILES string of the molecule is Cc1csc2c(C(N)=O)cccc12. The molecule has 0 fully saturated rings. The van der Waals surface area contributed by atoms with Gasteiger partial charge in [-0.1, -0.05) is 12.1 Å². The molecule has 0 aliphatic rings. The van der Waals surface area contributed by atoms with Crippen LogP contribution in [0.2, 0.25) is 0 Å². The predicted molar refractivity (Wildman–Crippen MR) is 55.1 cm³/mol. The lowest BCUT2D eigenvalue weighted by Crippen LogP contribution is -2.10. The first-order valence-corrected chi connectivity index (χ1v) is 4.84. The first kappa shape index (κ1) is 8.26. The summed E-state index contributed by atoms with van der Waals surface area (Å²) in [6.07, 6.45) is 0. The van der Waals surface area contributed by atoms with Gasteiger partial charge in [0.25, 0.3) is 0 Å². The summed E-state index contributed by atoms with van der Waals surface area (Å²) in [5, 5.41) is 3.16. The molecule has 1 amide bonds. The zero-order valence-corrected chi connectivity index (χ0v) is 8.02. The minimum atomic E-state index is -0.354. The minimum Gasteiger partial charge on any atom is -0.366 e. The van der Waals surface area contributed by atoms with Gasteiger partial charge in [0.15, 0.2) is 0 Å². The zero-order valence-electron chi connectivity index (χ0n) is 7.20. The van der Waals surface area contributed by atoms with Gasteiger partial charge in [0, 0.05) is 4.70 Å². The van der Waals surface area contributed by atoms with Gasteiger partial charge in [0.1, 0.15) is 0 Å². The third kappa shape index (κ3) is 1.21. The zero-order chi connectivity index (χ0) is 9.42. The number of carbonyl (C=O) groups is 1. The number of carbonyl (C=O) groups excluding carboxylic acids is 1. The van der Waals surface area contributed by atoms with Crippen LogP contribution < -0.4 is 5.73 Å². The summed E-state index contributed by atoms with van der Waals surface area (Å²) in [4.78, 5) is 11.1. The van der Waals surface area contributed by atoms with Crippen LogP contribution in [-0.2, 0) is 0 Å². The van der Waals surface area contributed by atoms with Crippen LogP contribution in [0.1, 0.15) is 15.9 Å². The molecule has 66 valence electrons. The Balaban J connectivity index is 2.84. The van der Waals surface area contributed by atoms with Crippen molar-refractivity contribution in [3.05, 3.63) is 34.7 Å². The molecule has 0 radical (unpaired) electrons. The predicted octanol–water partition coefficient (Wildman–Crippen LogP) is 2.31. The molecular formula is C10H9NOS. The van der Waals surface area contributed by atoms with Crippen molar-refractivity contribution in [3.63, 3.8) is 0 Å².